The number of nitrogens with two attached hydrogens (primary N) is 1. The molecule has 0 saturated heterocycles. The SMILES string of the molecule is NNC(=O)Cn1nc(C(F)(F)F)cc1C1CC1. The number of rotatable bonds is 3. The van der Waals surface area contributed by atoms with Gasteiger partial charge in [0.05, 0.1) is 0 Å². The minimum Gasteiger partial charge on any atom is -0.293 e. The number of nitrogens with zero attached hydrogens (tertiary/aromatic N) is 2. The highest BCUT2D eigenvalue weighted by Gasteiger charge is 2.37. The molecule has 94 valence electrons. The van der Waals surface area contributed by atoms with Crippen molar-refractivity contribution in [2.24, 2.45) is 5.84 Å². The third-order valence-corrected chi connectivity index (χ3v) is 2.55. The van der Waals surface area contributed by atoms with E-state index in [0.29, 0.717) is 5.69 Å². The van der Waals surface area contributed by atoms with Crippen LogP contribution < -0.4 is 11.3 Å². The van der Waals surface area contributed by atoms with Crippen molar-refractivity contribution in [2.45, 2.75) is 31.5 Å². The van der Waals surface area contributed by atoms with Crippen LogP contribution in [0.5, 0.6) is 0 Å². The normalized spacial score (nSPS) is 16.0. The molecule has 1 saturated carbocycles. The van der Waals surface area contributed by atoms with Gasteiger partial charge in [0.25, 0.3) is 5.91 Å². The van der Waals surface area contributed by atoms with Gasteiger partial charge >= 0.3 is 6.18 Å². The molecule has 1 aliphatic rings. The van der Waals surface area contributed by atoms with Crippen molar-refractivity contribution in [1.82, 2.24) is 15.2 Å². The van der Waals surface area contributed by atoms with Crippen molar-refractivity contribution in [1.29, 1.82) is 0 Å². The number of carbonyl (C=O) groups excluding carboxylic acids is 1. The van der Waals surface area contributed by atoms with Crippen molar-refractivity contribution in [2.75, 3.05) is 0 Å². The van der Waals surface area contributed by atoms with Gasteiger partial charge < -0.3 is 0 Å². The van der Waals surface area contributed by atoms with Crippen LogP contribution >= 0.6 is 0 Å². The fourth-order valence-electron chi connectivity index (χ4n) is 1.59. The van der Waals surface area contributed by atoms with Gasteiger partial charge in [0.1, 0.15) is 6.54 Å². The molecule has 1 aromatic heterocycles. The van der Waals surface area contributed by atoms with Gasteiger partial charge in [0.2, 0.25) is 0 Å². The Morgan fingerprint density at radius 3 is 2.71 bits per heavy atom. The number of hydrogen-bond donors (Lipinski definition) is 2. The lowest BCUT2D eigenvalue weighted by atomic mass is 10.2. The summed E-state index contributed by atoms with van der Waals surface area (Å²) in [4.78, 5) is 11.1. The molecule has 17 heavy (non-hydrogen) atoms. The van der Waals surface area contributed by atoms with E-state index in [1.54, 1.807) is 0 Å². The number of aromatic nitrogens is 2. The maximum absolute atomic E-state index is 12.5. The number of hydrogen-bond acceptors (Lipinski definition) is 3. The number of halogens is 3. The van der Waals surface area contributed by atoms with E-state index in [1.807, 2.05) is 5.43 Å². The van der Waals surface area contributed by atoms with Gasteiger partial charge in [-0.3, -0.25) is 14.9 Å². The summed E-state index contributed by atoms with van der Waals surface area (Å²) in [7, 11) is 0. The molecule has 0 radical (unpaired) electrons. The van der Waals surface area contributed by atoms with E-state index in [1.165, 1.54) is 0 Å². The van der Waals surface area contributed by atoms with Gasteiger partial charge in [-0.05, 0) is 18.9 Å². The molecule has 8 heteroatoms. The topological polar surface area (TPSA) is 72.9 Å². The molecule has 1 amide bonds. The van der Waals surface area contributed by atoms with Crippen LogP contribution in [0.1, 0.15) is 30.1 Å². The lowest BCUT2D eigenvalue weighted by Gasteiger charge is -2.04. The zero-order chi connectivity index (χ0) is 12.6. The van der Waals surface area contributed by atoms with Crippen LogP contribution in [-0.2, 0) is 17.5 Å². The molecule has 1 fully saturated rings. The van der Waals surface area contributed by atoms with E-state index < -0.39 is 17.8 Å². The maximum atomic E-state index is 12.5. The average molecular weight is 248 g/mol. The number of nitrogens with one attached hydrogen (secondary N) is 1. The van der Waals surface area contributed by atoms with Crippen molar-refractivity contribution in [3.8, 4) is 0 Å². The first kappa shape index (κ1) is 11.9. The average Bonchev–Trinajstić information content (AvgIpc) is 2.99. The first-order valence-electron chi connectivity index (χ1n) is 5.06. The standard InChI is InChI=1S/C9H11F3N4O/c10-9(11,12)7-3-6(5-1-2-5)16(15-7)4-8(17)14-13/h3,5H,1-2,4,13H2,(H,14,17). The summed E-state index contributed by atoms with van der Waals surface area (Å²) >= 11 is 0. The summed E-state index contributed by atoms with van der Waals surface area (Å²) in [6.07, 6.45) is -2.84. The molecule has 3 N–H and O–H groups in total. The fraction of sp³-hybridized carbons (Fsp3) is 0.556. The molecule has 0 unspecified atom stereocenters. The predicted molar refractivity (Wildman–Crippen MR) is 51.5 cm³/mol. The monoisotopic (exact) mass is 248 g/mol. The number of hydrazine groups is 1. The molecule has 5 nitrogen and oxygen atoms in total. The number of amides is 1. The minimum atomic E-state index is -4.49. The van der Waals surface area contributed by atoms with Gasteiger partial charge in [-0.2, -0.15) is 18.3 Å². The third-order valence-electron chi connectivity index (χ3n) is 2.55. The molecule has 0 aromatic carbocycles. The van der Waals surface area contributed by atoms with Gasteiger partial charge in [-0.15, -0.1) is 0 Å². The number of alkyl halides is 3. The van der Waals surface area contributed by atoms with Gasteiger partial charge in [-0.1, -0.05) is 0 Å². The zero-order valence-corrected chi connectivity index (χ0v) is 8.79. The molecule has 1 aliphatic carbocycles. The second-order valence-corrected chi connectivity index (χ2v) is 3.95. The summed E-state index contributed by atoms with van der Waals surface area (Å²) < 4.78 is 38.5. The fourth-order valence-corrected chi connectivity index (χ4v) is 1.59. The Bertz CT molecular complexity index is 436. The van der Waals surface area contributed by atoms with E-state index in [0.717, 1.165) is 23.6 Å². The smallest absolute Gasteiger partial charge is 0.293 e. The van der Waals surface area contributed by atoms with Crippen LogP contribution in [0, 0.1) is 0 Å². The van der Waals surface area contributed by atoms with E-state index in [-0.39, 0.29) is 12.5 Å². The molecule has 0 spiro atoms. The first-order chi connectivity index (χ1) is 7.91. The lowest BCUT2D eigenvalue weighted by molar-refractivity contribution is -0.141. The molecular weight excluding hydrogens is 237 g/mol. The Hall–Kier alpha value is -1.57. The van der Waals surface area contributed by atoms with Gasteiger partial charge in [0, 0.05) is 11.6 Å². The molecule has 0 aliphatic heterocycles. The van der Waals surface area contributed by atoms with Crippen LogP contribution in [0.3, 0.4) is 0 Å². The Balaban J connectivity index is 2.29. The summed E-state index contributed by atoms with van der Waals surface area (Å²) in [6.45, 7) is -0.293. The molecule has 1 heterocycles. The summed E-state index contributed by atoms with van der Waals surface area (Å²) in [5.74, 6) is 4.38. The van der Waals surface area contributed by atoms with Crippen LogP contribution in [0.15, 0.2) is 6.07 Å². The highest BCUT2D eigenvalue weighted by molar-refractivity contribution is 5.74. The minimum absolute atomic E-state index is 0.0733. The Morgan fingerprint density at radius 2 is 2.24 bits per heavy atom. The maximum Gasteiger partial charge on any atom is 0.435 e. The van der Waals surface area contributed by atoms with Gasteiger partial charge in [-0.25, -0.2) is 5.84 Å². The van der Waals surface area contributed by atoms with Crippen LogP contribution in [0.4, 0.5) is 13.2 Å². The molecule has 0 bridgehead atoms. The first-order valence-corrected chi connectivity index (χ1v) is 5.06. The highest BCUT2D eigenvalue weighted by Crippen LogP contribution is 2.42. The Kier molecular flexibility index (Phi) is 2.82. The Labute approximate surface area is 94.7 Å². The number of carbonyl (C=O) groups is 1. The van der Waals surface area contributed by atoms with E-state index in [2.05, 4.69) is 5.10 Å². The van der Waals surface area contributed by atoms with Crippen molar-refractivity contribution in [3.05, 3.63) is 17.5 Å². The van der Waals surface area contributed by atoms with Crippen LogP contribution in [-0.4, -0.2) is 15.7 Å². The van der Waals surface area contributed by atoms with E-state index in [9.17, 15) is 18.0 Å². The van der Waals surface area contributed by atoms with Crippen molar-refractivity contribution < 1.29 is 18.0 Å². The van der Waals surface area contributed by atoms with E-state index in [4.69, 9.17) is 5.84 Å². The second kappa shape index (κ2) is 4.02. The molecule has 0 atom stereocenters. The quantitative estimate of drug-likeness (QED) is 0.471. The molecule has 2 rings (SSSR count). The second-order valence-electron chi connectivity index (χ2n) is 3.95. The molecule has 1 aromatic rings. The van der Waals surface area contributed by atoms with Crippen LogP contribution in [0.25, 0.3) is 0 Å². The zero-order valence-electron chi connectivity index (χ0n) is 8.79. The Morgan fingerprint density at radius 1 is 1.59 bits per heavy atom. The lowest BCUT2D eigenvalue weighted by Crippen LogP contribution is -2.34. The highest BCUT2D eigenvalue weighted by atomic mass is 19.4. The molecular formula is C9H11F3N4O. The summed E-state index contributed by atoms with van der Waals surface area (Å²) in [5.41, 5.74) is 1.34. The van der Waals surface area contributed by atoms with E-state index >= 15 is 0 Å². The third kappa shape index (κ3) is 2.57. The summed E-state index contributed by atoms with van der Waals surface area (Å²) in [5, 5.41) is 3.41. The van der Waals surface area contributed by atoms with Gasteiger partial charge in [0.15, 0.2) is 5.69 Å². The predicted octanol–water partition coefficient (Wildman–Crippen LogP) is 0.769. The van der Waals surface area contributed by atoms with Crippen molar-refractivity contribution in [3.63, 3.8) is 0 Å². The van der Waals surface area contributed by atoms with Crippen molar-refractivity contribution >= 4 is 5.91 Å². The summed E-state index contributed by atoms with van der Waals surface area (Å²) in [6, 6.07) is 1.00. The van der Waals surface area contributed by atoms with Crippen LogP contribution in [0.2, 0.25) is 0 Å². The largest absolute Gasteiger partial charge is 0.435 e.